The van der Waals surface area contributed by atoms with Crippen molar-refractivity contribution in [1.29, 1.82) is 0 Å². The molecule has 10 heteroatoms. The van der Waals surface area contributed by atoms with Gasteiger partial charge in [-0.25, -0.2) is 13.0 Å². The Kier molecular flexibility index (Phi) is 3.62. The third-order valence-corrected chi connectivity index (χ3v) is 4.62. The highest BCUT2D eigenvalue weighted by atomic mass is 35.5. The largest absolute Gasteiger partial charge is 0.385 e. The number of rotatable bonds is 2. The van der Waals surface area contributed by atoms with Crippen LogP contribution in [0.4, 0.5) is 8.78 Å². The SMILES string of the molecule is Cc1nn(Cl)nc1C(C)(F)S(=O)C1=NOC(C)(C)C1F. The van der Waals surface area contributed by atoms with Crippen molar-refractivity contribution in [2.45, 2.75) is 44.5 Å². The Morgan fingerprint density at radius 2 is 2.10 bits per heavy atom. The number of aromatic nitrogens is 3. The van der Waals surface area contributed by atoms with Gasteiger partial charge in [0.05, 0.1) is 17.5 Å². The van der Waals surface area contributed by atoms with E-state index in [1.807, 2.05) is 0 Å². The molecule has 1 aromatic rings. The Labute approximate surface area is 121 Å². The molecule has 2 heterocycles. The van der Waals surface area contributed by atoms with Crippen molar-refractivity contribution >= 4 is 27.6 Å². The molecule has 0 aliphatic carbocycles. The third-order valence-electron chi connectivity index (χ3n) is 2.92. The molecule has 0 spiro atoms. The van der Waals surface area contributed by atoms with Gasteiger partial charge >= 0.3 is 0 Å². The zero-order chi connectivity index (χ0) is 15.3. The second-order valence-electron chi connectivity index (χ2n) is 5.05. The molecule has 0 saturated heterocycles. The summed E-state index contributed by atoms with van der Waals surface area (Å²) in [6.45, 7) is 5.33. The fraction of sp³-hybridized carbons (Fsp3) is 0.700. The zero-order valence-corrected chi connectivity index (χ0v) is 12.8. The number of halogens is 3. The van der Waals surface area contributed by atoms with Gasteiger partial charge < -0.3 is 4.84 Å². The van der Waals surface area contributed by atoms with E-state index in [1.54, 1.807) is 0 Å². The molecule has 0 radical (unpaired) electrons. The highest BCUT2D eigenvalue weighted by Crippen LogP contribution is 2.36. The number of hydrogen-bond donors (Lipinski definition) is 0. The van der Waals surface area contributed by atoms with Gasteiger partial charge in [0.15, 0.2) is 16.8 Å². The molecule has 0 bridgehead atoms. The number of nitrogens with zero attached hydrogens (tertiary/aromatic N) is 4. The van der Waals surface area contributed by atoms with Crippen molar-refractivity contribution in [3.63, 3.8) is 0 Å². The quantitative estimate of drug-likeness (QED) is 0.833. The van der Waals surface area contributed by atoms with Gasteiger partial charge in [-0.3, -0.25) is 0 Å². The predicted molar refractivity (Wildman–Crippen MR) is 70.1 cm³/mol. The zero-order valence-electron chi connectivity index (χ0n) is 11.2. The molecule has 0 amide bonds. The van der Waals surface area contributed by atoms with Gasteiger partial charge in [-0.1, -0.05) is 9.47 Å². The molecule has 1 aliphatic rings. The first-order valence-corrected chi connectivity index (χ1v) is 7.17. The van der Waals surface area contributed by atoms with E-state index in [1.165, 1.54) is 20.8 Å². The van der Waals surface area contributed by atoms with Gasteiger partial charge in [0, 0.05) is 0 Å². The first-order chi connectivity index (χ1) is 9.07. The van der Waals surface area contributed by atoms with Crippen LogP contribution in [-0.2, 0) is 20.6 Å². The van der Waals surface area contributed by atoms with Crippen LogP contribution < -0.4 is 0 Å². The maximum atomic E-state index is 14.8. The van der Waals surface area contributed by atoms with Crippen molar-refractivity contribution in [3.8, 4) is 0 Å². The van der Waals surface area contributed by atoms with Crippen LogP contribution in [0.5, 0.6) is 0 Å². The second kappa shape index (κ2) is 4.73. The van der Waals surface area contributed by atoms with Crippen LogP contribution in [0.2, 0.25) is 0 Å². The summed E-state index contributed by atoms with van der Waals surface area (Å²) in [5.41, 5.74) is -1.35. The van der Waals surface area contributed by atoms with Gasteiger partial charge in [-0.2, -0.15) is 0 Å². The molecule has 20 heavy (non-hydrogen) atoms. The molecule has 0 N–H and O–H groups in total. The maximum absolute atomic E-state index is 14.8. The van der Waals surface area contributed by atoms with Gasteiger partial charge in [-0.05, 0) is 27.7 Å². The van der Waals surface area contributed by atoms with E-state index in [-0.39, 0.29) is 11.4 Å². The van der Waals surface area contributed by atoms with Crippen LogP contribution in [0, 0.1) is 6.92 Å². The Morgan fingerprint density at radius 1 is 1.50 bits per heavy atom. The number of oxime groups is 1. The van der Waals surface area contributed by atoms with Crippen molar-refractivity contribution in [2.75, 3.05) is 0 Å². The van der Waals surface area contributed by atoms with Crippen LogP contribution in [-0.4, -0.2) is 35.5 Å². The molecule has 1 aliphatic heterocycles. The van der Waals surface area contributed by atoms with Crippen molar-refractivity contribution in [1.82, 2.24) is 14.5 Å². The molecule has 0 aromatic carbocycles. The van der Waals surface area contributed by atoms with Crippen molar-refractivity contribution in [3.05, 3.63) is 11.4 Å². The average molecular weight is 327 g/mol. The Balaban J connectivity index is 2.36. The maximum Gasteiger partial charge on any atom is 0.233 e. The predicted octanol–water partition coefficient (Wildman–Crippen LogP) is 1.94. The summed E-state index contributed by atoms with van der Waals surface area (Å²) in [5, 5.41) is 7.72. The first kappa shape index (κ1) is 15.3. The minimum atomic E-state index is -2.48. The smallest absolute Gasteiger partial charge is 0.233 e. The number of hydrogen-bond acceptors (Lipinski definition) is 5. The van der Waals surface area contributed by atoms with Crippen LogP contribution in [0.25, 0.3) is 0 Å². The van der Waals surface area contributed by atoms with Crippen LogP contribution in [0.3, 0.4) is 0 Å². The summed E-state index contributed by atoms with van der Waals surface area (Å²) in [5.74, 6) is 0. The first-order valence-electron chi connectivity index (χ1n) is 5.69. The second-order valence-corrected chi connectivity index (χ2v) is 7.07. The fourth-order valence-electron chi connectivity index (χ4n) is 1.73. The van der Waals surface area contributed by atoms with Crippen LogP contribution in [0.1, 0.15) is 32.2 Å². The third kappa shape index (κ3) is 2.32. The van der Waals surface area contributed by atoms with E-state index in [0.717, 1.165) is 6.92 Å². The molecule has 0 saturated carbocycles. The van der Waals surface area contributed by atoms with Gasteiger partial charge in [0.2, 0.25) is 5.00 Å². The minimum Gasteiger partial charge on any atom is -0.385 e. The normalized spacial score (nSPS) is 25.8. The summed E-state index contributed by atoms with van der Waals surface area (Å²) in [7, 11) is -2.42. The van der Waals surface area contributed by atoms with E-state index in [2.05, 4.69) is 15.4 Å². The summed E-state index contributed by atoms with van der Waals surface area (Å²) in [4.78, 5) is 4.84. The molecule has 6 nitrogen and oxygen atoms in total. The summed E-state index contributed by atoms with van der Waals surface area (Å²) in [6, 6.07) is 0. The van der Waals surface area contributed by atoms with E-state index >= 15 is 0 Å². The lowest BCUT2D eigenvalue weighted by atomic mass is 10.1. The topological polar surface area (TPSA) is 69.4 Å². The number of alkyl halides is 2. The lowest BCUT2D eigenvalue weighted by molar-refractivity contribution is -0.0232. The molecule has 2 rings (SSSR count). The lowest BCUT2D eigenvalue weighted by Gasteiger charge is -2.21. The highest BCUT2D eigenvalue weighted by molar-refractivity contribution is 8.01. The molecule has 1 aromatic heterocycles. The van der Waals surface area contributed by atoms with Gasteiger partial charge in [0.25, 0.3) is 0 Å². The molecular weight excluding hydrogens is 314 g/mol. The minimum absolute atomic E-state index is 0.160. The Hall–Kier alpha value is -1.09. The van der Waals surface area contributed by atoms with E-state index in [9.17, 15) is 13.0 Å². The molecule has 112 valence electrons. The average Bonchev–Trinajstić information content (AvgIpc) is 2.80. The van der Waals surface area contributed by atoms with Crippen LogP contribution in [0.15, 0.2) is 5.16 Å². The monoisotopic (exact) mass is 326 g/mol. The van der Waals surface area contributed by atoms with E-state index in [0.29, 0.717) is 4.32 Å². The summed E-state index contributed by atoms with van der Waals surface area (Å²) >= 11 is 5.51. The van der Waals surface area contributed by atoms with Crippen molar-refractivity contribution in [2.24, 2.45) is 5.16 Å². The Morgan fingerprint density at radius 3 is 2.50 bits per heavy atom. The highest BCUT2D eigenvalue weighted by Gasteiger charge is 2.51. The molecule has 0 fully saturated rings. The van der Waals surface area contributed by atoms with E-state index in [4.69, 9.17) is 16.6 Å². The molecule has 3 atom stereocenters. The standard InChI is InChI=1S/C10H13ClF2N4O2S/c1-5-7(15-17(11)14-5)10(4,13)20(18)8-6(12)9(2,3)19-16-8/h6H,1-4H3. The van der Waals surface area contributed by atoms with Crippen LogP contribution >= 0.6 is 11.8 Å². The van der Waals surface area contributed by atoms with E-state index < -0.39 is 32.6 Å². The molecular formula is C10H13ClF2N4O2S. The van der Waals surface area contributed by atoms with Gasteiger partial charge in [0.1, 0.15) is 16.5 Å². The summed E-state index contributed by atoms with van der Waals surface area (Å²) in [6.07, 6.45) is -1.77. The van der Waals surface area contributed by atoms with Gasteiger partial charge in [-0.15, -0.1) is 10.2 Å². The lowest BCUT2D eigenvalue weighted by Crippen LogP contribution is -2.40. The molecule has 3 unspecified atom stereocenters. The number of aryl methyl sites for hydroxylation is 1. The Bertz CT molecular complexity index is 602. The summed E-state index contributed by atoms with van der Waals surface area (Å²) < 4.78 is 41.8. The fourth-order valence-corrected chi connectivity index (χ4v) is 3.25. The van der Waals surface area contributed by atoms with Crippen molar-refractivity contribution < 1.29 is 17.8 Å².